The Kier molecular flexibility index (Phi) is 60.9. The van der Waals surface area contributed by atoms with E-state index in [1.54, 1.807) is 29.4 Å². The van der Waals surface area contributed by atoms with Crippen molar-refractivity contribution < 1.29 is 28.8 Å². The van der Waals surface area contributed by atoms with Crippen molar-refractivity contribution in [1.82, 2.24) is 82.2 Å². The number of amides is 12. The van der Waals surface area contributed by atoms with Crippen LogP contribution in [0.4, 0.5) is 28.8 Å². The Morgan fingerprint density at radius 2 is 0.651 bits per heavy atom. The van der Waals surface area contributed by atoms with Gasteiger partial charge in [-0.1, -0.05) is 6.42 Å². The van der Waals surface area contributed by atoms with Crippen LogP contribution in [0, 0.1) is 0 Å². The van der Waals surface area contributed by atoms with Gasteiger partial charge in [0.05, 0.1) is 0 Å². The Morgan fingerprint density at radius 1 is 0.313 bits per heavy atom. The molecule has 0 radical (unpaired) electrons. The summed E-state index contributed by atoms with van der Waals surface area (Å²) in [6, 6.07) is 0.0418. The van der Waals surface area contributed by atoms with E-state index < -0.39 is 0 Å². The molecule has 6 heterocycles. The molecule has 0 aromatic carbocycles. The number of hydrogen-bond acceptors (Lipinski definition) is 23. The molecule has 0 atom stereocenters. The quantitative estimate of drug-likeness (QED) is 0.0226. The maximum Gasteiger partial charge on any atom is 0.320 e. The summed E-state index contributed by atoms with van der Waals surface area (Å²) in [5.41, 5.74) is 68.0. The summed E-state index contributed by atoms with van der Waals surface area (Å²) in [4.78, 5) is 78.0. The van der Waals surface area contributed by atoms with E-state index in [2.05, 4.69) is 47.9 Å². The molecule has 6 rings (SSSR count). The van der Waals surface area contributed by atoms with Crippen LogP contribution in [0.2, 0.25) is 0 Å². The molecule has 6 aliphatic heterocycles. The number of rotatable bonds is 31. The van der Waals surface area contributed by atoms with E-state index in [-0.39, 0.29) is 36.2 Å². The van der Waals surface area contributed by atoms with Gasteiger partial charge >= 0.3 is 36.2 Å². The molecule has 6 aliphatic rings. The molecule has 0 saturated carbocycles. The molecule has 0 unspecified atom stereocenters. The van der Waals surface area contributed by atoms with Gasteiger partial charge in [-0.3, -0.25) is 4.90 Å². The van der Waals surface area contributed by atoms with Gasteiger partial charge in [-0.15, -0.1) is 0 Å². The zero-order chi connectivity index (χ0) is 62.6. The average molecular weight is 1200 g/mol. The number of urea groups is 6. The largest absolute Gasteiger partial charge is 0.336 e. The lowest BCUT2D eigenvalue weighted by molar-refractivity contribution is 0.194. The molecule has 0 bridgehead atoms. The van der Waals surface area contributed by atoms with Crippen LogP contribution in [-0.4, -0.2) is 326 Å². The second-order valence-electron chi connectivity index (χ2n) is 18.4. The SMILES string of the molecule is NCCCCCN.NCCN.NCCN(CN)CCN.NCCN1CCN(CCN)C1=O.NCCN1CCNC1=O.NCCNCCN1CCNC1=O.NCCNCCNCCN.O=C1NCCN1.O=C1NCCN1CCN1CCNC1=O. The lowest BCUT2D eigenvalue weighted by Crippen LogP contribution is -2.38. The highest BCUT2D eigenvalue weighted by atomic mass is 16.2. The minimum absolute atomic E-state index is 0.0143. The third-order valence-electron chi connectivity index (χ3n) is 11.7. The number of nitrogens with zero attached hydrogens (tertiary/aromatic N) is 7. The minimum atomic E-state index is -0.0463. The molecule has 35 N–H and O–H groups in total. The van der Waals surface area contributed by atoms with E-state index >= 15 is 0 Å². The van der Waals surface area contributed by atoms with Crippen LogP contribution in [0.15, 0.2) is 0 Å². The van der Waals surface area contributed by atoms with Gasteiger partial charge in [-0.25, -0.2) is 28.8 Å². The maximum atomic E-state index is 11.4. The summed E-state index contributed by atoms with van der Waals surface area (Å²) >= 11 is 0. The summed E-state index contributed by atoms with van der Waals surface area (Å²) in [5, 5.41) is 25.5. The van der Waals surface area contributed by atoms with Crippen LogP contribution >= 0.6 is 0 Å². The lowest BCUT2D eigenvalue weighted by Gasteiger charge is -2.19. The van der Waals surface area contributed by atoms with E-state index in [9.17, 15) is 28.8 Å². The second kappa shape index (κ2) is 61.5. The number of carbonyl (C=O) groups excluding carboxylic acids is 6. The minimum Gasteiger partial charge on any atom is -0.336 e. The number of carbonyl (C=O) groups is 6. The molecule has 6 saturated heterocycles. The maximum absolute atomic E-state index is 11.4. The number of nitrogens with one attached hydrogen (secondary N) is 9. The molecule has 6 fully saturated rings. The van der Waals surface area contributed by atoms with Gasteiger partial charge in [0.2, 0.25) is 0 Å². The Labute approximate surface area is 495 Å². The normalized spacial score (nSPS) is 15.5. The topological polar surface area (TPSA) is 572 Å². The highest BCUT2D eigenvalue weighted by Crippen LogP contribution is 2.06. The Morgan fingerprint density at radius 3 is 0.916 bits per heavy atom. The first kappa shape index (κ1) is 82.2. The van der Waals surface area contributed by atoms with E-state index in [4.69, 9.17) is 74.5 Å². The molecule has 0 aliphatic carbocycles. The van der Waals surface area contributed by atoms with Crippen molar-refractivity contribution in [2.24, 2.45) is 74.5 Å². The fourth-order valence-electron chi connectivity index (χ4n) is 7.27. The van der Waals surface area contributed by atoms with Gasteiger partial charge in [-0.05, 0) is 25.9 Å². The number of nitrogens with two attached hydrogens (primary N) is 13. The van der Waals surface area contributed by atoms with Crippen LogP contribution in [-0.2, 0) is 0 Å². The molecular weight excluding hydrogens is 1080 g/mol. The molecule has 492 valence electrons. The van der Waals surface area contributed by atoms with Crippen molar-refractivity contribution in [1.29, 1.82) is 0 Å². The molecule has 0 spiro atoms. The molecule has 35 nitrogen and oxygen atoms in total. The van der Waals surface area contributed by atoms with Crippen molar-refractivity contribution >= 4 is 36.2 Å². The van der Waals surface area contributed by atoms with Gasteiger partial charge in [-0.2, -0.15) is 0 Å². The van der Waals surface area contributed by atoms with E-state index in [1.807, 2.05) is 4.90 Å². The van der Waals surface area contributed by atoms with Crippen LogP contribution < -0.4 is 122 Å². The molecular formula is C48H119N29O6. The van der Waals surface area contributed by atoms with E-state index in [0.29, 0.717) is 118 Å². The highest BCUT2D eigenvalue weighted by molar-refractivity contribution is 5.78. The van der Waals surface area contributed by atoms with Gasteiger partial charge in [0.1, 0.15) is 0 Å². The summed E-state index contributed by atoms with van der Waals surface area (Å²) in [5.74, 6) is 0. The van der Waals surface area contributed by atoms with Gasteiger partial charge in [0.15, 0.2) is 0 Å². The van der Waals surface area contributed by atoms with Crippen molar-refractivity contribution in [2.45, 2.75) is 19.3 Å². The molecule has 0 aromatic heterocycles. The van der Waals surface area contributed by atoms with Gasteiger partial charge < -0.3 is 152 Å². The van der Waals surface area contributed by atoms with Gasteiger partial charge in [0, 0.05) is 242 Å². The zero-order valence-corrected chi connectivity index (χ0v) is 50.3. The third-order valence-corrected chi connectivity index (χ3v) is 11.7. The number of unbranched alkanes of at least 4 members (excludes halogenated alkanes) is 2. The second-order valence-corrected chi connectivity index (χ2v) is 18.4. The molecule has 12 amide bonds. The Balaban J connectivity index is -0.000000883. The van der Waals surface area contributed by atoms with E-state index in [0.717, 1.165) is 150 Å². The standard InChI is InChI=1S/C8H14N4O2.2C7H16N4O.C6H18N4.C5H16N4.C5H11N3O.C5H14N2.C3H6N2O.C2H8N2/c13-7-9-1-3-11(7)5-6-12-4-2-10-8(12)14;8-1-3-10-5-6-11(4-2-9)7(10)12;8-1-2-9-3-5-11-6-4-10-7(11)12;7-1-3-9-5-6-10-4-2-8;6-1-3-9(5-8)4-2-7;6-1-3-8-4-2-7-5(8)9;6-4-2-1-3-5-7;6-3-4-1-2-5-3;3-1-2-4/h1-6H2,(H,9,13)(H,10,14);1-6,8-9H2;9H,1-6,8H2,(H,10,12);9-10H,1-8H2;1-8H2;1-4,6H2,(H,7,9);1-7H2;1-2H2,(H2,4,5,6);1-4H2. The summed E-state index contributed by atoms with van der Waals surface area (Å²) < 4.78 is 0. The molecule has 0 aromatic rings. The Bertz CT molecular complexity index is 1470. The fraction of sp³-hybridized carbons (Fsp3) is 0.875. The average Bonchev–Trinajstić information content (AvgIpc) is 4.45. The molecule has 35 heteroatoms. The van der Waals surface area contributed by atoms with Crippen molar-refractivity contribution in [3.05, 3.63) is 0 Å². The summed E-state index contributed by atoms with van der Waals surface area (Å²) in [6.07, 6.45) is 3.43. The van der Waals surface area contributed by atoms with Crippen LogP contribution in [0.5, 0.6) is 0 Å². The van der Waals surface area contributed by atoms with Crippen molar-refractivity contribution in [3.63, 3.8) is 0 Å². The first-order valence-corrected chi connectivity index (χ1v) is 29.4. The van der Waals surface area contributed by atoms with Crippen LogP contribution in [0.25, 0.3) is 0 Å². The van der Waals surface area contributed by atoms with Crippen LogP contribution in [0.1, 0.15) is 19.3 Å². The first-order valence-electron chi connectivity index (χ1n) is 29.4. The van der Waals surface area contributed by atoms with Crippen molar-refractivity contribution in [2.75, 3.05) is 255 Å². The summed E-state index contributed by atoms with van der Waals surface area (Å²) in [6.45, 7) is 28.6. The fourth-order valence-corrected chi connectivity index (χ4v) is 7.27. The summed E-state index contributed by atoms with van der Waals surface area (Å²) in [7, 11) is 0. The van der Waals surface area contributed by atoms with Crippen LogP contribution in [0.3, 0.4) is 0 Å². The Hall–Kier alpha value is -5.06. The smallest absolute Gasteiger partial charge is 0.320 e. The highest BCUT2D eigenvalue weighted by Gasteiger charge is 2.27. The first-order chi connectivity index (χ1) is 40.2. The zero-order valence-electron chi connectivity index (χ0n) is 50.3. The van der Waals surface area contributed by atoms with Gasteiger partial charge in [0.25, 0.3) is 0 Å². The predicted molar refractivity (Wildman–Crippen MR) is 332 cm³/mol. The van der Waals surface area contributed by atoms with Crippen molar-refractivity contribution in [3.8, 4) is 0 Å². The third kappa shape index (κ3) is 47.9. The monoisotopic (exact) mass is 1200 g/mol. The van der Waals surface area contributed by atoms with E-state index in [1.165, 1.54) is 6.42 Å². The predicted octanol–water partition coefficient (Wildman–Crippen LogP) is -10.3. The number of hydrogen-bond donors (Lipinski definition) is 22. The lowest BCUT2D eigenvalue weighted by atomic mass is 10.2. The molecule has 83 heavy (non-hydrogen) atoms.